The lowest BCUT2D eigenvalue weighted by atomic mass is 10.0. The van der Waals surface area contributed by atoms with Crippen molar-refractivity contribution in [3.8, 4) is 0 Å². The van der Waals surface area contributed by atoms with Crippen LogP contribution in [0.3, 0.4) is 0 Å². The standard InChI is InChI=1S/C16H19ClFNO5/c1-9(2)6-13(16(22)23-3)19-14(20)8-24-15(21)11-5-4-10(18)7-12(11)17/h4-5,7,9,13H,6,8H2,1-3H3,(H,19,20)/t13-/m1/s1. The number of methoxy groups -OCH3 is 1. The quantitative estimate of drug-likeness (QED) is 0.756. The maximum Gasteiger partial charge on any atom is 0.340 e. The number of hydrogen-bond acceptors (Lipinski definition) is 5. The molecule has 0 saturated heterocycles. The number of hydrogen-bond donors (Lipinski definition) is 1. The van der Waals surface area contributed by atoms with Crippen molar-refractivity contribution < 1.29 is 28.2 Å². The first kappa shape index (κ1) is 19.9. The lowest BCUT2D eigenvalue weighted by Gasteiger charge is -2.18. The van der Waals surface area contributed by atoms with Gasteiger partial charge in [0.25, 0.3) is 5.91 Å². The van der Waals surface area contributed by atoms with Crippen LogP contribution in [-0.2, 0) is 19.1 Å². The molecule has 1 atom stereocenters. The third-order valence-electron chi connectivity index (χ3n) is 3.01. The zero-order valence-corrected chi connectivity index (χ0v) is 14.4. The number of carbonyl (C=O) groups excluding carboxylic acids is 3. The van der Waals surface area contributed by atoms with Crippen molar-refractivity contribution in [2.24, 2.45) is 5.92 Å². The molecule has 24 heavy (non-hydrogen) atoms. The smallest absolute Gasteiger partial charge is 0.340 e. The van der Waals surface area contributed by atoms with Crippen LogP contribution in [0.2, 0.25) is 5.02 Å². The van der Waals surface area contributed by atoms with Gasteiger partial charge in [0.1, 0.15) is 11.9 Å². The van der Waals surface area contributed by atoms with Gasteiger partial charge in [0.05, 0.1) is 17.7 Å². The lowest BCUT2D eigenvalue weighted by Crippen LogP contribution is -2.44. The minimum absolute atomic E-state index is 0.0578. The van der Waals surface area contributed by atoms with Gasteiger partial charge in [-0.3, -0.25) is 4.79 Å². The molecule has 0 aliphatic carbocycles. The molecule has 1 aromatic rings. The average Bonchev–Trinajstić information content (AvgIpc) is 2.50. The fraction of sp³-hybridized carbons (Fsp3) is 0.438. The van der Waals surface area contributed by atoms with Crippen LogP contribution in [0.4, 0.5) is 4.39 Å². The van der Waals surface area contributed by atoms with E-state index in [1.54, 1.807) is 0 Å². The third kappa shape index (κ3) is 6.16. The summed E-state index contributed by atoms with van der Waals surface area (Å²) in [4.78, 5) is 35.3. The maximum atomic E-state index is 12.9. The van der Waals surface area contributed by atoms with E-state index in [0.29, 0.717) is 6.42 Å². The van der Waals surface area contributed by atoms with Gasteiger partial charge in [0.15, 0.2) is 6.61 Å². The van der Waals surface area contributed by atoms with Crippen molar-refractivity contribution in [2.45, 2.75) is 26.3 Å². The van der Waals surface area contributed by atoms with E-state index in [2.05, 4.69) is 10.1 Å². The van der Waals surface area contributed by atoms with E-state index >= 15 is 0 Å². The van der Waals surface area contributed by atoms with E-state index in [9.17, 15) is 18.8 Å². The van der Waals surface area contributed by atoms with Crippen LogP contribution in [-0.4, -0.2) is 37.6 Å². The monoisotopic (exact) mass is 359 g/mol. The molecule has 0 unspecified atom stereocenters. The summed E-state index contributed by atoms with van der Waals surface area (Å²) >= 11 is 5.74. The number of esters is 2. The van der Waals surface area contributed by atoms with Crippen LogP contribution in [0.25, 0.3) is 0 Å². The van der Waals surface area contributed by atoms with Gasteiger partial charge in [0.2, 0.25) is 0 Å². The summed E-state index contributed by atoms with van der Waals surface area (Å²) in [6, 6.07) is 2.36. The van der Waals surface area contributed by atoms with Gasteiger partial charge >= 0.3 is 11.9 Å². The predicted octanol–water partition coefficient (Wildman–Crippen LogP) is 2.34. The fourth-order valence-electron chi connectivity index (χ4n) is 1.93. The summed E-state index contributed by atoms with van der Waals surface area (Å²) in [5, 5.41) is 2.33. The van der Waals surface area contributed by atoms with Crippen LogP contribution in [0, 0.1) is 11.7 Å². The van der Waals surface area contributed by atoms with Crippen LogP contribution < -0.4 is 5.32 Å². The summed E-state index contributed by atoms with van der Waals surface area (Å²) < 4.78 is 22.4. The average molecular weight is 360 g/mol. The van der Waals surface area contributed by atoms with Gasteiger partial charge in [-0.05, 0) is 30.5 Å². The summed E-state index contributed by atoms with van der Waals surface area (Å²) in [7, 11) is 1.22. The van der Waals surface area contributed by atoms with Crippen molar-refractivity contribution in [3.05, 3.63) is 34.6 Å². The van der Waals surface area contributed by atoms with Crippen molar-refractivity contribution in [3.63, 3.8) is 0 Å². The topological polar surface area (TPSA) is 81.7 Å². The molecule has 0 fully saturated rings. The van der Waals surface area contributed by atoms with Crippen molar-refractivity contribution in [2.75, 3.05) is 13.7 Å². The molecular weight excluding hydrogens is 341 g/mol. The summed E-state index contributed by atoms with van der Waals surface area (Å²) in [6.45, 7) is 3.18. The highest BCUT2D eigenvalue weighted by Crippen LogP contribution is 2.18. The van der Waals surface area contributed by atoms with E-state index in [-0.39, 0.29) is 16.5 Å². The summed E-state index contributed by atoms with van der Waals surface area (Å²) in [5.74, 6) is -2.55. The lowest BCUT2D eigenvalue weighted by molar-refractivity contribution is -0.145. The molecule has 1 aromatic carbocycles. The molecule has 0 aromatic heterocycles. The molecule has 8 heteroatoms. The Balaban J connectivity index is 2.60. The molecule has 0 radical (unpaired) electrons. The van der Waals surface area contributed by atoms with Crippen molar-refractivity contribution >= 4 is 29.4 Å². The highest BCUT2D eigenvalue weighted by atomic mass is 35.5. The fourth-order valence-corrected chi connectivity index (χ4v) is 2.17. The van der Waals surface area contributed by atoms with Gasteiger partial charge in [-0.2, -0.15) is 0 Å². The van der Waals surface area contributed by atoms with Gasteiger partial charge < -0.3 is 14.8 Å². The van der Waals surface area contributed by atoms with Crippen LogP contribution in [0.15, 0.2) is 18.2 Å². The van der Waals surface area contributed by atoms with E-state index in [0.717, 1.165) is 18.2 Å². The molecule has 0 spiro atoms. The zero-order valence-electron chi connectivity index (χ0n) is 13.6. The predicted molar refractivity (Wildman–Crippen MR) is 85.1 cm³/mol. The molecule has 6 nitrogen and oxygen atoms in total. The second-order valence-corrected chi connectivity index (χ2v) is 5.88. The Morgan fingerprint density at radius 1 is 1.29 bits per heavy atom. The van der Waals surface area contributed by atoms with E-state index in [4.69, 9.17) is 16.3 Å². The van der Waals surface area contributed by atoms with Gasteiger partial charge in [-0.25, -0.2) is 14.0 Å². The zero-order chi connectivity index (χ0) is 18.3. The Morgan fingerprint density at radius 2 is 1.96 bits per heavy atom. The molecule has 0 saturated carbocycles. The number of nitrogens with one attached hydrogen (secondary N) is 1. The molecule has 1 rings (SSSR count). The summed E-state index contributed by atoms with van der Waals surface area (Å²) in [6.07, 6.45) is 0.385. The Kier molecular flexibility index (Phi) is 7.64. The SMILES string of the molecule is COC(=O)[C@@H](CC(C)C)NC(=O)COC(=O)c1ccc(F)cc1Cl. The second kappa shape index (κ2) is 9.22. The van der Waals surface area contributed by atoms with Gasteiger partial charge in [-0.1, -0.05) is 25.4 Å². The largest absolute Gasteiger partial charge is 0.467 e. The van der Waals surface area contributed by atoms with Gasteiger partial charge in [0, 0.05) is 0 Å². The molecule has 0 bridgehead atoms. The molecule has 1 N–H and O–H groups in total. The first-order valence-electron chi connectivity index (χ1n) is 7.24. The first-order valence-corrected chi connectivity index (χ1v) is 7.61. The Bertz CT molecular complexity index is 620. The van der Waals surface area contributed by atoms with Crippen LogP contribution in [0.5, 0.6) is 0 Å². The minimum Gasteiger partial charge on any atom is -0.467 e. The van der Waals surface area contributed by atoms with Crippen LogP contribution >= 0.6 is 11.6 Å². The molecule has 1 amide bonds. The number of amides is 1. The normalized spacial score (nSPS) is 11.8. The third-order valence-corrected chi connectivity index (χ3v) is 3.33. The number of benzene rings is 1. The minimum atomic E-state index is -0.867. The Morgan fingerprint density at radius 3 is 2.50 bits per heavy atom. The van der Waals surface area contributed by atoms with Crippen LogP contribution in [0.1, 0.15) is 30.6 Å². The molecule has 132 valence electrons. The molecule has 0 heterocycles. The number of ether oxygens (including phenoxy) is 2. The second-order valence-electron chi connectivity index (χ2n) is 5.47. The maximum absolute atomic E-state index is 12.9. The Labute approximate surface area is 144 Å². The molecule has 0 aliphatic rings. The number of carbonyl (C=O) groups is 3. The summed E-state index contributed by atoms with van der Waals surface area (Å²) in [5.41, 5.74) is -0.0578. The van der Waals surface area contributed by atoms with Crippen molar-refractivity contribution in [1.82, 2.24) is 5.32 Å². The molecular formula is C16H19ClFNO5. The van der Waals surface area contributed by atoms with Crippen molar-refractivity contribution in [1.29, 1.82) is 0 Å². The highest BCUT2D eigenvalue weighted by Gasteiger charge is 2.23. The van der Waals surface area contributed by atoms with E-state index in [1.807, 2.05) is 13.8 Å². The number of rotatable bonds is 7. The highest BCUT2D eigenvalue weighted by molar-refractivity contribution is 6.33. The van der Waals surface area contributed by atoms with E-state index < -0.39 is 36.3 Å². The number of halogens is 2. The Hall–Kier alpha value is -2.15. The first-order chi connectivity index (χ1) is 11.2. The molecule has 0 aliphatic heterocycles. The van der Waals surface area contributed by atoms with E-state index in [1.165, 1.54) is 7.11 Å². The van der Waals surface area contributed by atoms with Gasteiger partial charge in [-0.15, -0.1) is 0 Å².